The van der Waals surface area contributed by atoms with Crippen molar-refractivity contribution in [2.75, 3.05) is 0 Å². The topological polar surface area (TPSA) is 35.5 Å². The predicted octanol–water partition coefficient (Wildman–Crippen LogP) is 6.75. The Morgan fingerprint density at radius 1 is 0.568 bits per heavy atom. The highest BCUT2D eigenvalue weighted by Gasteiger charge is 2.47. The fourth-order valence-electron chi connectivity index (χ4n) is 6.90. The maximum absolute atomic E-state index is 6.93. The van der Waals surface area contributed by atoms with Crippen LogP contribution in [0.25, 0.3) is 43.9 Å². The Hall–Kier alpha value is -4.44. The summed E-state index contributed by atoms with van der Waals surface area (Å²) in [6.45, 7) is 4.68. The van der Waals surface area contributed by atoms with Crippen LogP contribution in [-0.4, -0.2) is 6.71 Å². The van der Waals surface area contributed by atoms with Gasteiger partial charge in [0.05, 0.1) is 0 Å². The van der Waals surface area contributed by atoms with Crippen molar-refractivity contribution in [2.45, 2.75) is 19.3 Å². The second kappa shape index (κ2) is 6.46. The second-order valence-corrected chi connectivity index (χ2v) is 10.8. The molecule has 2 aliphatic rings. The van der Waals surface area contributed by atoms with E-state index in [0.717, 1.165) is 60.8 Å². The molecule has 174 valence electrons. The number of fused-ring (bicyclic) bond motifs is 12. The van der Waals surface area contributed by atoms with Crippen LogP contribution in [0.15, 0.2) is 99.8 Å². The van der Waals surface area contributed by atoms with Gasteiger partial charge >= 0.3 is 0 Å². The first kappa shape index (κ1) is 19.7. The molecular formula is C33H21BO3. The molecule has 4 heteroatoms. The zero-order chi connectivity index (χ0) is 24.5. The molecule has 3 nitrogen and oxygen atoms in total. The summed E-state index contributed by atoms with van der Waals surface area (Å²) < 4.78 is 19.9. The largest absolute Gasteiger partial charge is 0.452 e. The van der Waals surface area contributed by atoms with Crippen LogP contribution in [0.4, 0.5) is 0 Å². The van der Waals surface area contributed by atoms with E-state index in [4.69, 9.17) is 13.6 Å². The number of furan rings is 2. The molecule has 0 atom stereocenters. The zero-order valence-corrected chi connectivity index (χ0v) is 20.5. The Morgan fingerprint density at radius 2 is 1.22 bits per heavy atom. The molecule has 0 saturated carbocycles. The molecule has 0 radical (unpaired) electrons. The lowest BCUT2D eigenvalue weighted by Crippen LogP contribution is -2.62. The maximum atomic E-state index is 6.93. The minimum Gasteiger partial charge on any atom is -0.452 e. The van der Waals surface area contributed by atoms with Gasteiger partial charge in [0, 0.05) is 27.0 Å². The summed E-state index contributed by atoms with van der Waals surface area (Å²) in [6.07, 6.45) is 0. The van der Waals surface area contributed by atoms with Crippen LogP contribution < -0.4 is 21.1 Å². The number of benzene rings is 5. The molecule has 2 aliphatic heterocycles. The van der Waals surface area contributed by atoms with Crippen LogP contribution >= 0.6 is 0 Å². The highest BCUT2D eigenvalue weighted by atomic mass is 16.5. The van der Waals surface area contributed by atoms with Crippen molar-refractivity contribution in [1.29, 1.82) is 0 Å². The lowest BCUT2D eigenvalue weighted by atomic mass is 9.30. The van der Waals surface area contributed by atoms with Gasteiger partial charge in [-0.25, -0.2) is 0 Å². The molecule has 2 aromatic heterocycles. The van der Waals surface area contributed by atoms with Crippen molar-refractivity contribution >= 4 is 67.0 Å². The number of hydrogen-bond acceptors (Lipinski definition) is 3. The quantitative estimate of drug-likeness (QED) is 0.227. The molecule has 0 amide bonds. The number of hydrogen-bond donors (Lipinski definition) is 0. The molecular weight excluding hydrogens is 455 g/mol. The van der Waals surface area contributed by atoms with Gasteiger partial charge < -0.3 is 13.6 Å². The summed E-state index contributed by atoms with van der Waals surface area (Å²) in [5, 5.41) is 4.37. The fourth-order valence-corrected chi connectivity index (χ4v) is 6.90. The Kier molecular flexibility index (Phi) is 3.44. The normalized spacial score (nSPS) is 15.1. The first-order valence-electron chi connectivity index (χ1n) is 12.8. The molecule has 9 rings (SSSR count). The average molecular weight is 476 g/mol. The highest BCUT2D eigenvalue weighted by molar-refractivity contribution is 6.98. The van der Waals surface area contributed by atoms with E-state index in [1.54, 1.807) is 0 Å². The van der Waals surface area contributed by atoms with Gasteiger partial charge in [-0.3, -0.25) is 0 Å². The zero-order valence-electron chi connectivity index (χ0n) is 20.5. The predicted molar refractivity (Wildman–Crippen MR) is 151 cm³/mol. The average Bonchev–Trinajstić information content (AvgIpc) is 3.50. The number of para-hydroxylation sites is 2. The van der Waals surface area contributed by atoms with Gasteiger partial charge in [0.1, 0.15) is 11.2 Å². The van der Waals surface area contributed by atoms with Crippen molar-refractivity contribution in [3.05, 3.63) is 102 Å². The van der Waals surface area contributed by atoms with Crippen molar-refractivity contribution in [2.24, 2.45) is 0 Å². The lowest BCUT2D eigenvalue weighted by molar-refractivity contribution is 0.473. The van der Waals surface area contributed by atoms with Crippen molar-refractivity contribution < 1.29 is 13.6 Å². The smallest absolute Gasteiger partial charge is 0.252 e. The van der Waals surface area contributed by atoms with Crippen LogP contribution in [0.5, 0.6) is 11.5 Å². The SMILES string of the molecule is CC1(C)c2ccccc2B2c3ccc4c(oc5ccccc54)c3Oc3c2c1cc1c3oc2ccccc21. The third-order valence-corrected chi connectivity index (χ3v) is 8.62. The Balaban J connectivity index is 1.48. The van der Waals surface area contributed by atoms with Crippen LogP contribution in [0, 0.1) is 0 Å². The lowest BCUT2D eigenvalue weighted by Gasteiger charge is -2.41. The molecule has 0 saturated heterocycles. The Labute approximate surface area is 213 Å². The van der Waals surface area contributed by atoms with E-state index in [1.807, 2.05) is 24.3 Å². The van der Waals surface area contributed by atoms with Gasteiger partial charge in [-0.05, 0) is 40.3 Å². The van der Waals surface area contributed by atoms with E-state index >= 15 is 0 Å². The summed E-state index contributed by atoms with van der Waals surface area (Å²) in [7, 11) is 0. The molecule has 0 unspecified atom stereocenters. The van der Waals surface area contributed by atoms with Crippen LogP contribution in [0.2, 0.25) is 0 Å². The summed E-state index contributed by atoms with van der Waals surface area (Å²) in [4.78, 5) is 0. The maximum Gasteiger partial charge on any atom is 0.252 e. The van der Waals surface area contributed by atoms with E-state index in [1.165, 1.54) is 22.1 Å². The number of rotatable bonds is 0. The first-order valence-corrected chi connectivity index (χ1v) is 12.8. The van der Waals surface area contributed by atoms with Gasteiger partial charge in [0.15, 0.2) is 22.7 Å². The van der Waals surface area contributed by atoms with Gasteiger partial charge in [0.2, 0.25) is 0 Å². The summed E-state index contributed by atoms with van der Waals surface area (Å²) in [5.74, 6) is 1.61. The van der Waals surface area contributed by atoms with E-state index in [9.17, 15) is 0 Å². The molecule has 5 aromatic carbocycles. The molecule has 4 heterocycles. The van der Waals surface area contributed by atoms with E-state index in [-0.39, 0.29) is 12.1 Å². The second-order valence-electron chi connectivity index (χ2n) is 10.8. The number of ether oxygens (including phenoxy) is 1. The van der Waals surface area contributed by atoms with Crippen LogP contribution in [-0.2, 0) is 5.41 Å². The van der Waals surface area contributed by atoms with E-state index in [0.29, 0.717) is 0 Å². The van der Waals surface area contributed by atoms with E-state index < -0.39 is 0 Å². The Bertz CT molecular complexity index is 2110. The molecule has 0 aliphatic carbocycles. The summed E-state index contributed by atoms with van der Waals surface area (Å²) >= 11 is 0. The molecule has 0 fully saturated rings. The molecule has 0 spiro atoms. The summed E-state index contributed by atoms with van der Waals surface area (Å²) in [6, 6.07) is 32.1. The molecule has 0 N–H and O–H groups in total. The molecule has 37 heavy (non-hydrogen) atoms. The molecule has 0 bridgehead atoms. The van der Waals surface area contributed by atoms with Crippen molar-refractivity contribution in [3.63, 3.8) is 0 Å². The Morgan fingerprint density at radius 3 is 2.00 bits per heavy atom. The van der Waals surface area contributed by atoms with Crippen molar-refractivity contribution in [3.8, 4) is 11.5 Å². The standard InChI is InChI=1S/C33H21BO3/c1-33(2)22-11-5-6-12-24(22)34-25-16-15-20-18-9-3-7-13-26(18)35-29(20)31(25)37-32-28(34)23(33)17-21-19-10-4-8-14-27(19)36-30(21)32/h3-17H,1-2H3. The minimum absolute atomic E-state index is 0.0354. The fraction of sp³-hybridized carbons (Fsp3) is 0.0909. The third kappa shape index (κ3) is 2.30. The minimum atomic E-state index is -0.186. The third-order valence-electron chi connectivity index (χ3n) is 8.62. The van der Waals surface area contributed by atoms with Crippen LogP contribution in [0.3, 0.4) is 0 Å². The van der Waals surface area contributed by atoms with Gasteiger partial charge in [-0.2, -0.15) is 0 Å². The van der Waals surface area contributed by atoms with Crippen molar-refractivity contribution in [1.82, 2.24) is 0 Å². The summed E-state index contributed by atoms with van der Waals surface area (Å²) in [5.41, 5.74) is 9.46. The van der Waals surface area contributed by atoms with Gasteiger partial charge in [-0.1, -0.05) is 92.1 Å². The van der Waals surface area contributed by atoms with Gasteiger partial charge in [0.25, 0.3) is 6.71 Å². The van der Waals surface area contributed by atoms with Gasteiger partial charge in [-0.15, -0.1) is 0 Å². The highest BCUT2D eigenvalue weighted by Crippen LogP contribution is 2.46. The molecule has 7 aromatic rings. The monoisotopic (exact) mass is 476 g/mol. The van der Waals surface area contributed by atoms with Crippen LogP contribution in [0.1, 0.15) is 25.0 Å². The first-order chi connectivity index (χ1) is 18.1. The van der Waals surface area contributed by atoms with E-state index in [2.05, 4.69) is 80.6 Å².